The fourth-order valence-electron chi connectivity index (χ4n) is 1.03. The van der Waals surface area contributed by atoms with Crippen molar-refractivity contribution in [1.29, 1.82) is 0 Å². The van der Waals surface area contributed by atoms with Gasteiger partial charge in [0, 0.05) is 17.7 Å². The summed E-state index contributed by atoms with van der Waals surface area (Å²) in [5.74, 6) is 1.01. The number of hydrogen-bond donors (Lipinski definition) is 0. The average Bonchev–Trinajstić information content (AvgIpc) is 2.53. The molecule has 0 saturated carbocycles. The number of alkyl halides is 1. The number of hydrogen-bond acceptors (Lipinski definition) is 3. The Morgan fingerprint density at radius 2 is 2.23 bits per heavy atom. The Balaban J connectivity index is 2.48. The van der Waals surface area contributed by atoms with E-state index in [1.165, 1.54) is 0 Å². The van der Waals surface area contributed by atoms with Crippen molar-refractivity contribution < 1.29 is 0 Å². The van der Waals surface area contributed by atoms with Gasteiger partial charge in [-0.05, 0) is 24.4 Å². The lowest BCUT2D eigenvalue weighted by atomic mass is 10.2. The highest BCUT2D eigenvalue weighted by Gasteiger charge is 2.07. The lowest BCUT2D eigenvalue weighted by molar-refractivity contribution is 0.805. The molecule has 0 radical (unpaired) electrons. The van der Waals surface area contributed by atoms with E-state index in [4.69, 9.17) is 0 Å². The SMILES string of the molecule is CCCc1nsc(CC(Br)CC)n1. The van der Waals surface area contributed by atoms with Gasteiger partial charge in [-0.1, -0.05) is 29.8 Å². The van der Waals surface area contributed by atoms with Gasteiger partial charge in [0.1, 0.15) is 10.8 Å². The van der Waals surface area contributed by atoms with Crippen molar-refractivity contribution in [2.24, 2.45) is 0 Å². The maximum absolute atomic E-state index is 4.47. The minimum absolute atomic E-state index is 0.551. The molecular weight excluding hydrogens is 248 g/mol. The summed E-state index contributed by atoms with van der Waals surface area (Å²) in [4.78, 5) is 5.02. The van der Waals surface area contributed by atoms with Gasteiger partial charge < -0.3 is 0 Å². The van der Waals surface area contributed by atoms with Crippen LogP contribution in [0, 0.1) is 0 Å². The van der Waals surface area contributed by atoms with Gasteiger partial charge in [-0.15, -0.1) is 0 Å². The molecule has 13 heavy (non-hydrogen) atoms. The lowest BCUT2D eigenvalue weighted by Gasteiger charge is -2.00. The molecule has 0 fully saturated rings. The van der Waals surface area contributed by atoms with E-state index in [1.807, 2.05) is 0 Å². The highest BCUT2D eigenvalue weighted by molar-refractivity contribution is 9.09. The van der Waals surface area contributed by atoms with Gasteiger partial charge in [-0.3, -0.25) is 0 Å². The van der Waals surface area contributed by atoms with Gasteiger partial charge in [0.25, 0.3) is 0 Å². The zero-order valence-electron chi connectivity index (χ0n) is 8.09. The van der Waals surface area contributed by atoms with E-state index in [9.17, 15) is 0 Å². The van der Waals surface area contributed by atoms with Gasteiger partial charge in [0.15, 0.2) is 0 Å². The second-order valence-electron chi connectivity index (χ2n) is 3.06. The highest BCUT2D eigenvalue weighted by atomic mass is 79.9. The normalized spacial score (nSPS) is 13.2. The zero-order valence-corrected chi connectivity index (χ0v) is 10.5. The van der Waals surface area contributed by atoms with Crippen molar-refractivity contribution in [3.05, 3.63) is 10.8 Å². The smallest absolute Gasteiger partial charge is 0.142 e. The number of nitrogens with zero attached hydrogens (tertiary/aromatic N) is 2. The van der Waals surface area contributed by atoms with Crippen LogP contribution in [0.2, 0.25) is 0 Å². The number of aromatic nitrogens is 2. The van der Waals surface area contributed by atoms with E-state index >= 15 is 0 Å². The fraction of sp³-hybridized carbons (Fsp3) is 0.778. The molecular formula is C9H15BrN2S. The van der Waals surface area contributed by atoms with Crippen molar-refractivity contribution in [2.75, 3.05) is 0 Å². The Morgan fingerprint density at radius 1 is 1.46 bits per heavy atom. The quantitative estimate of drug-likeness (QED) is 0.762. The van der Waals surface area contributed by atoms with Gasteiger partial charge in [-0.2, -0.15) is 4.37 Å². The first kappa shape index (κ1) is 11.1. The van der Waals surface area contributed by atoms with Crippen LogP contribution >= 0.6 is 27.5 Å². The number of halogens is 1. The van der Waals surface area contributed by atoms with Gasteiger partial charge in [-0.25, -0.2) is 4.98 Å². The largest absolute Gasteiger partial charge is 0.225 e. The van der Waals surface area contributed by atoms with E-state index in [0.29, 0.717) is 4.83 Å². The minimum atomic E-state index is 0.551. The van der Waals surface area contributed by atoms with Crippen LogP contribution in [-0.4, -0.2) is 14.2 Å². The molecule has 0 aliphatic carbocycles. The first-order valence-electron chi connectivity index (χ1n) is 4.71. The van der Waals surface area contributed by atoms with Crippen LogP contribution in [0.25, 0.3) is 0 Å². The molecule has 0 aliphatic heterocycles. The van der Waals surface area contributed by atoms with Crippen LogP contribution < -0.4 is 0 Å². The highest BCUT2D eigenvalue weighted by Crippen LogP contribution is 2.15. The van der Waals surface area contributed by atoms with Gasteiger partial charge in [0.05, 0.1) is 0 Å². The molecule has 4 heteroatoms. The van der Waals surface area contributed by atoms with Crippen molar-refractivity contribution in [2.45, 2.75) is 44.4 Å². The molecule has 2 nitrogen and oxygen atoms in total. The van der Waals surface area contributed by atoms with E-state index in [1.54, 1.807) is 11.5 Å². The Labute approximate surface area is 92.1 Å². The molecule has 74 valence electrons. The molecule has 0 aromatic carbocycles. The van der Waals surface area contributed by atoms with Crippen LogP contribution in [-0.2, 0) is 12.8 Å². The summed E-state index contributed by atoms with van der Waals surface area (Å²) in [5, 5.41) is 1.16. The molecule has 0 aliphatic rings. The topological polar surface area (TPSA) is 25.8 Å². The van der Waals surface area contributed by atoms with Crippen LogP contribution in [0.5, 0.6) is 0 Å². The Kier molecular flexibility index (Phi) is 4.88. The third-order valence-electron chi connectivity index (χ3n) is 1.82. The molecule has 0 N–H and O–H groups in total. The molecule has 1 aromatic rings. The molecule has 0 bridgehead atoms. The fourth-order valence-corrected chi connectivity index (χ4v) is 2.32. The standard InChI is InChI=1S/C9H15BrN2S/c1-3-5-8-11-9(13-12-8)6-7(10)4-2/h7H,3-6H2,1-2H3. The predicted molar refractivity (Wildman–Crippen MR) is 60.6 cm³/mol. The Bertz CT molecular complexity index is 250. The van der Waals surface area contributed by atoms with Crippen molar-refractivity contribution in [3.63, 3.8) is 0 Å². The average molecular weight is 263 g/mol. The van der Waals surface area contributed by atoms with Crippen LogP contribution in [0.15, 0.2) is 0 Å². The van der Waals surface area contributed by atoms with E-state index in [0.717, 1.165) is 36.5 Å². The summed E-state index contributed by atoms with van der Waals surface area (Å²) in [6.07, 6.45) is 4.29. The molecule has 1 rings (SSSR count). The Hall–Kier alpha value is 0.0400. The third kappa shape index (κ3) is 3.73. The van der Waals surface area contributed by atoms with Crippen LogP contribution in [0.1, 0.15) is 37.5 Å². The predicted octanol–water partition coefficient (Wildman–Crippen LogP) is 3.21. The van der Waals surface area contributed by atoms with Gasteiger partial charge in [0.2, 0.25) is 0 Å². The summed E-state index contributed by atoms with van der Waals surface area (Å²) in [5.41, 5.74) is 0. The van der Waals surface area contributed by atoms with Crippen molar-refractivity contribution >= 4 is 27.5 Å². The molecule has 0 saturated heterocycles. The molecule has 1 aromatic heterocycles. The van der Waals surface area contributed by atoms with Crippen molar-refractivity contribution in [3.8, 4) is 0 Å². The number of rotatable bonds is 5. The van der Waals surface area contributed by atoms with Crippen molar-refractivity contribution in [1.82, 2.24) is 9.36 Å². The maximum Gasteiger partial charge on any atom is 0.142 e. The molecule has 0 amide bonds. The molecule has 0 spiro atoms. The summed E-state index contributed by atoms with van der Waals surface area (Å²) in [6, 6.07) is 0. The van der Waals surface area contributed by atoms with Crippen LogP contribution in [0.4, 0.5) is 0 Å². The van der Waals surface area contributed by atoms with Crippen LogP contribution in [0.3, 0.4) is 0 Å². The minimum Gasteiger partial charge on any atom is -0.225 e. The summed E-state index contributed by atoms with van der Waals surface area (Å²) in [6.45, 7) is 4.33. The molecule has 1 heterocycles. The monoisotopic (exact) mass is 262 g/mol. The molecule has 1 atom stereocenters. The second kappa shape index (κ2) is 5.70. The van der Waals surface area contributed by atoms with E-state index in [2.05, 4.69) is 39.1 Å². The number of aryl methyl sites for hydroxylation is 1. The Morgan fingerprint density at radius 3 is 2.85 bits per heavy atom. The summed E-state index contributed by atoms with van der Waals surface area (Å²) in [7, 11) is 0. The molecule has 1 unspecified atom stereocenters. The lowest BCUT2D eigenvalue weighted by Crippen LogP contribution is -2.00. The zero-order chi connectivity index (χ0) is 9.68. The first-order valence-corrected chi connectivity index (χ1v) is 6.40. The summed E-state index contributed by atoms with van der Waals surface area (Å²) < 4.78 is 4.30. The third-order valence-corrected chi connectivity index (χ3v) is 3.56. The van der Waals surface area contributed by atoms with E-state index < -0.39 is 0 Å². The summed E-state index contributed by atoms with van der Waals surface area (Å²) >= 11 is 5.14. The first-order chi connectivity index (χ1) is 6.26. The second-order valence-corrected chi connectivity index (χ2v) is 5.20. The van der Waals surface area contributed by atoms with E-state index in [-0.39, 0.29) is 0 Å². The maximum atomic E-state index is 4.47. The van der Waals surface area contributed by atoms with Gasteiger partial charge >= 0.3 is 0 Å².